The van der Waals surface area contributed by atoms with Gasteiger partial charge in [0.1, 0.15) is 17.4 Å². The van der Waals surface area contributed by atoms with Crippen molar-refractivity contribution in [3.63, 3.8) is 0 Å². The van der Waals surface area contributed by atoms with Crippen molar-refractivity contribution in [3.05, 3.63) is 41.3 Å². The number of carbonyl (C=O) groups is 2. The minimum absolute atomic E-state index is 0.00740. The minimum Gasteiger partial charge on any atom is -0.477 e. The van der Waals surface area contributed by atoms with E-state index < -0.39 is 17.9 Å². The standard InChI is InChI=1S/C12H12N4O4/c1-6(11-14-7(2)16-20-11)13-10(17)8-4-3-5-9(15-8)12(18)19/h3-6H,1-2H3,(H,13,17)(H,18,19). The predicted octanol–water partition coefficient (Wildman–Crippen LogP) is 0.962. The molecule has 2 rings (SSSR count). The van der Waals surface area contributed by atoms with Crippen molar-refractivity contribution >= 4 is 11.9 Å². The summed E-state index contributed by atoms with van der Waals surface area (Å²) in [6.07, 6.45) is 0. The normalized spacial score (nSPS) is 11.9. The molecule has 1 unspecified atom stereocenters. The molecule has 2 N–H and O–H groups in total. The Bertz CT molecular complexity index is 652. The molecule has 0 saturated carbocycles. The molecule has 1 amide bonds. The topological polar surface area (TPSA) is 118 Å². The molecule has 0 spiro atoms. The van der Waals surface area contributed by atoms with Crippen LogP contribution < -0.4 is 5.32 Å². The number of carbonyl (C=O) groups excluding carboxylic acids is 1. The molecule has 8 heteroatoms. The van der Waals surface area contributed by atoms with Crippen LogP contribution in [0, 0.1) is 6.92 Å². The summed E-state index contributed by atoms with van der Waals surface area (Å²) in [4.78, 5) is 30.5. The number of nitrogens with one attached hydrogen (secondary N) is 1. The largest absolute Gasteiger partial charge is 0.477 e. The molecule has 0 aromatic carbocycles. The number of aromatic nitrogens is 3. The van der Waals surface area contributed by atoms with Crippen LogP contribution in [0.2, 0.25) is 0 Å². The SMILES string of the molecule is Cc1noc(C(C)NC(=O)c2cccc(C(=O)O)n2)n1. The summed E-state index contributed by atoms with van der Waals surface area (Å²) in [6.45, 7) is 3.34. The summed E-state index contributed by atoms with van der Waals surface area (Å²) in [7, 11) is 0. The molecule has 0 aliphatic rings. The lowest BCUT2D eigenvalue weighted by Crippen LogP contribution is -2.28. The smallest absolute Gasteiger partial charge is 0.354 e. The first-order valence-electron chi connectivity index (χ1n) is 5.79. The molecule has 2 aromatic rings. The average molecular weight is 276 g/mol. The van der Waals surface area contributed by atoms with E-state index in [4.69, 9.17) is 9.63 Å². The van der Waals surface area contributed by atoms with Gasteiger partial charge in [-0.25, -0.2) is 9.78 Å². The maximum Gasteiger partial charge on any atom is 0.354 e. The summed E-state index contributed by atoms with van der Waals surface area (Å²) in [5.74, 6) is -0.978. The second kappa shape index (κ2) is 5.47. The number of aryl methyl sites for hydroxylation is 1. The van der Waals surface area contributed by atoms with E-state index in [1.54, 1.807) is 13.8 Å². The molecule has 0 aliphatic carbocycles. The molecule has 1 atom stereocenters. The van der Waals surface area contributed by atoms with Gasteiger partial charge >= 0.3 is 5.97 Å². The number of amides is 1. The molecule has 2 aromatic heterocycles. The Morgan fingerprint density at radius 1 is 1.30 bits per heavy atom. The van der Waals surface area contributed by atoms with E-state index in [-0.39, 0.29) is 17.3 Å². The molecule has 0 bridgehead atoms. The number of hydrogen-bond acceptors (Lipinski definition) is 6. The highest BCUT2D eigenvalue weighted by Crippen LogP contribution is 2.10. The van der Waals surface area contributed by atoms with Crippen molar-refractivity contribution in [1.29, 1.82) is 0 Å². The lowest BCUT2D eigenvalue weighted by atomic mass is 10.2. The molecule has 104 valence electrons. The summed E-state index contributed by atoms with van der Waals surface area (Å²) in [5, 5.41) is 15.1. The first-order chi connectivity index (χ1) is 9.47. The van der Waals surface area contributed by atoms with E-state index in [1.807, 2.05) is 0 Å². The highest BCUT2D eigenvalue weighted by Gasteiger charge is 2.18. The Labute approximate surface area is 113 Å². The van der Waals surface area contributed by atoms with Gasteiger partial charge in [0.05, 0.1) is 0 Å². The summed E-state index contributed by atoms with van der Waals surface area (Å²) >= 11 is 0. The van der Waals surface area contributed by atoms with E-state index in [0.717, 1.165) is 0 Å². The molecule has 0 saturated heterocycles. The van der Waals surface area contributed by atoms with Crippen LogP contribution in [-0.4, -0.2) is 32.1 Å². The molecule has 20 heavy (non-hydrogen) atoms. The summed E-state index contributed by atoms with van der Waals surface area (Å²) in [5.41, 5.74) is -0.188. The van der Waals surface area contributed by atoms with Gasteiger partial charge in [-0.05, 0) is 26.0 Å². The number of carboxylic acid groups (broad SMARTS) is 1. The molecule has 0 fully saturated rings. The Kier molecular flexibility index (Phi) is 3.74. The van der Waals surface area contributed by atoms with E-state index in [1.165, 1.54) is 18.2 Å². The van der Waals surface area contributed by atoms with Crippen molar-refractivity contribution in [1.82, 2.24) is 20.4 Å². The van der Waals surface area contributed by atoms with Crippen molar-refractivity contribution in [2.24, 2.45) is 0 Å². The molecular formula is C12H12N4O4. The molecule has 2 heterocycles. The number of aromatic carboxylic acids is 1. The number of nitrogens with zero attached hydrogens (tertiary/aromatic N) is 3. The Morgan fingerprint density at radius 2 is 2.00 bits per heavy atom. The fourth-order valence-corrected chi connectivity index (χ4v) is 1.50. The van der Waals surface area contributed by atoms with Gasteiger partial charge in [0.25, 0.3) is 5.91 Å². The Hall–Kier alpha value is -2.77. The molecule has 8 nitrogen and oxygen atoms in total. The number of hydrogen-bond donors (Lipinski definition) is 2. The summed E-state index contributed by atoms with van der Waals surface area (Å²) in [6, 6.07) is 3.68. The van der Waals surface area contributed by atoms with E-state index in [2.05, 4.69) is 20.4 Å². The van der Waals surface area contributed by atoms with Gasteiger partial charge in [-0.2, -0.15) is 4.98 Å². The minimum atomic E-state index is -1.19. The van der Waals surface area contributed by atoms with Crippen molar-refractivity contribution < 1.29 is 19.2 Å². The van der Waals surface area contributed by atoms with Crippen LogP contribution in [0.15, 0.2) is 22.7 Å². The van der Waals surface area contributed by atoms with Crippen LogP contribution in [0.25, 0.3) is 0 Å². The van der Waals surface area contributed by atoms with E-state index >= 15 is 0 Å². The zero-order valence-corrected chi connectivity index (χ0v) is 10.8. The van der Waals surface area contributed by atoms with Gasteiger partial charge in [-0.3, -0.25) is 4.79 Å². The monoisotopic (exact) mass is 276 g/mol. The van der Waals surface area contributed by atoms with Gasteiger partial charge in [-0.15, -0.1) is 0 Å². The van der Waals surface area contributed by atoms with E-state index in [0.29, 0.717) is 5.82 Å². The van der Waals surface area contributed by atoms with Crippen LogP contribution in [0.3, 0.4) is 0 Å². The molecule has 0 radical (unpaired) electrons. The lowest BCUT2D eigenvalue weighted by molar-refractivity contribution is 0.0690. The zero-order valence-electron chi connectivity index (χ0n) is 10.8. The lowest BCUT2D eigenvalue weighted by Gasteiger charge is -2.09. The van der Waals surface area contributed by atoms with Crippen molar-refractivity contribution in [3.8, 4) is 0 Å². The van der Waals surface area contributed by atoms with Gasteiger partial charge in [0.2, 0.25) is 5.89 Å². The first-order valence-corrected chi connectivity index (χ1v) is 5.79. The van der Waals surface area contributed by atoms with Crippen LogP contribution in [0.4, 0.5) is 0 Å². The van der Waals surface area contributed by atoms with Gasteiger partial charge < -0.3 is 14.9 Å². The molecule has 0 aliphatic heterocycles. The number of carboxylic acids is 1. The highest BCUT2D eigenvalue weighted by atomic mass is 16.5. The van der Waals surface area contributed by atoms with E-state index in [9.17, 15) is 9.59 Å². The van der Waals surface area contributed by atoms with Gasteiger partial charge in [-0.1, -0.05) is 11.2 Å². The van der Waals surface area contributed by atoms with Crippen LogP contribution in [-0.2, 0) is 0 Å². The van der Waals surface area contributed by atoms with Crippen molar-refractivity contribution in [2.75, 3.05) is 0 Å². The third-order valence-corrected chi connectivity index (χ3v) is 2.46. The molecular weight excluding hydrogens is 264 g/mol. The van der Waals surface area contributed by atoms with Crippen LogP contribution in [0.1, 0.15) is 45.7 Å². The van der Waals surface area contributed by atoms with Gasteiger partial charge in [0, 0.05) is 0 Å². The fraction of sp³-hybridized carbons (Fsp3) is 0.250. The second-order valence-corrected chi connectivity index (χ2v) is 4.09. The first kappa shape index (κ1) is 13.7. The summed E-state index contributed by atoms with van der Waals surface area (Å²) < 4.78 is 4.93. The van der Waals surface area contributed by atoms with Crippen LogP contribution >= 0.6 is 0 Å². The highest BCUT2D eigenvalue weighted by molar-refractivity contribution is 5.94. The number of pyridine rings is 1. The van der Waals surface area contributed by atoms with Gasteiger partial charge in [0.15, 0.2) is 5.82 Å². The Balaban J connectivity index is 2.12. The predicted molar refractivity (Wildman–Crippen MR) is 66.1 cm³/mol. The van der Waals surface area contributed by atoms with Crippen LogP contribution in [0.5, 0.6) is 0 Å². The Morgan fingerprint density at radius 3 is 2.60 bits per heavy atom. The second-order valence-electron chi connectivity index (χ2n) is 4.09. The zero-order chi connectivity index (χ0) is 14.7. The third-order valence-electron chi connectivity index (χ3n) is 2.46. The quantitative estimate of drug-likeness (QED) is 0.853. The fourth-order valence-electron chi connectivity index (χ4n) is 1.50. The maximum absolute atomic E-state index is 12.0. The number of rotatable bonds is 4. The average Bonchev–Trinajstić information content (AvgIpc) is 2.85. The van der Waals surface area contributed by atoms with Crippen molar-refractivity contribution in [2.45, 2.75) is 19.9 Å². The third kappa shape index (κ3) is 2.97. The maximum atomic E-state index is 12.0.